The Morgan fingerprint density at radius 2 is 2.00 bits per heavy atom. The second kappa shape index (κ2) is 6.59. The van der Waals surface area contributed by atoms with Gasteiger partial charge in [0.15, 0.2) is 0 Å². The maximum absolute atomic E-state index is 9.62. The third kappa shape index (κ3) is 10.8. The molecule has 2 heteroatoms. The fourth-order valence-electron chi connectivity index (χ4n) is 0.192. The summed E-state index contributed by atoms with van der Waals surface area (Å²) in [4.78, 5) is 9.62. The summed E-state index contributed by atoms with van der Waals surface area (Å²) in [5.41, 5.74) is 0. The number of aldehydes is 1. The first-order valence-corrected chi connectivity index (χ1v) is 2.21. The Kier molecular flexibility index (Phi) is 9.94. The van der Waals surface area contributed by atoms with Crippen molar-refractivity contribution in [3.8, 4) is 0 Å². The standard InChI is InChI=1S/C5H10O.Pb.2H/c1-5(2)3-4-6;;;/h4-5H,3H2,1-2H3;;;. The molecule has 0 fully saturated rings. The van der Waals surface area contributed by atoms with Gasteiger partial charge in [0.2, 0.25) is 0 Å². The normalized spacial score (nSPS) is 7.86. The summed E-state index contributed by atoms with van der Waals surface area (Å²) >= 11 is 0. The third-order valence-corrected chi connectivity index (χ3v) is 0.568. The van der Waals surface area contributed by atoms with Crippen molar-refractivity contribution in [1.82, 2.24) is 0 Å². The zero-order valence-electron chi connectivity index (χ0n) is 4.98. The van der Waals surface area contributed by atoms with Crippen molar-refractivity contribution in [1.29, 1.82) is 0 Å². The van der Waals surface area contributed by atoms with Gasteiger partial charge in [0.25, 0.3) is 0 Å². The molecule has 0 aromatic rings. The minimum absolute atomic E-state index is 0. The summed E-state index contributed by atoms with van der Waals surface area (Å²) < 4.78 is 0. The van der Waals surface area contributed by atoms with Crippen LogP contribution in [0.1, 0.15) is 20.3 Å². The molecular weight excluding hydrogens is 283 g/mol. The number of carbonyl (C=O) groups excluding carboxylic acids is 1. The molecule has 0 amide bonds. The minimum atomic E-state index is 0. The molecule has 0 saturated heterocycles. The van der Waals surface area contributed by atoms with Crippen molar-refractivity contribution in [3.63, 3.8) is 0 Å². The van der Waals surface area contributed by atoms with E-state index in [2.05, 4.69) is 0 Å². The van der Waals surface area contributed by atoms with Gasteiger partial charge >= 0.3 is 27.3 Å². The molecule has 2 radical (unpaired) electrons. The molecule has 0 heterocycles. The van der Waals surface area contributed by atoms with Gasteiger partial charge < -0.3 is 4.79 Å². The van der Waals surface area contributed by atoms with Gasteiger partial charge in [-0.15, -0.1) is 0 Å². The summed E-state index contributed by atoms with van der Waals surface area (Å²) in [6, 6.07) is 0. The second-order valence-electron chi connectivity index (χ2n) is 1.80. The van der Waals surface area contributed by atoms with Crippen LogP contribution in [0.25, 0.3) is 0 Å². The van der Waals surface area contributed by atoms with Gasteiger partial charge in [0, 0.05) is 6.42 Å². The van der Waals surface area contributed by atoms with Crippen molar-refractivity contribution in [2.24, 2.45) is 5.92 Å². The number of rotatable bonds is 2. The monoisotopic (exact) mass is 296 g/mol. The van der Waals surface area contributed by atoms with E-state index in [1.54, 1.807) is 0 Å². The molecule has 0 spiro atoms. The van der Waals surface area contributed by atoms with Crippen LogP contribution in [0, 0.1) is 5.92 Å². The molecule has 7 heavy (non-hydrogen) atoms. The predicted octanol–water partition coefficient (Wildman–Crippen LogP) is 0.315. The summed E-state index contributed by atoms with van der Waals surface area (Å²) in [7, 11) is 0. The van der Waals surface area contributed by atoms with Crippen LogP contribution in [0.2, 0.25) is 0 Å². The molecule has 0 rings (SSSR count). The Hall–Kier alpha value is 0.592. The van der Waals surface area contributed by atoms with E-state index in [0.29, 0.717) is 12.3 Å². The molecule has 0 aliphatic carbocycles. The molecule has 0 N–H and O–H groups in total. The van der Waals surface area contributed by atoms with E-state index in [1.165, 1.54) is 0 Å². The molecule has 1 nitrogen and oxygen atoms in total. The van der Waals surface area contributed by atoms with Gasteiger partial charge in [-0.25, -0.2) is 0 Å². The van der Waals surface area contributed by atoms with Crippen molar-refractivity contribution in [2.75, 3.05) is 0 Å². The van der Waals surface area contributed by atoms with Gasteiger partial charge in [0.1, 0.15) is 6.29 Å². The summed E-state index contributed by atoms with van der Waals surface area (Å²) in [6.07, 6.45) is 1.64. The van der Waals surface area contributed by atoms with E-state index in [9.17, 15) is 4.79 Å². The van der Waals surface area contributed by atoms with Gasteiger partial charge in [-0.3, -0.25) is 0 Å². The van der Waals surface area contributed by atoms with Crippen LogP contribution < -0.4 is 0 Å². The van der Waals surface area contributed by atoms with Crippen molar-refractivity contribution >= 4 is 33.6 Å². The van der Waals surface area contributed by atoms with E-state index in [0.717, 1.165) is 6.29 Å². The number of carbonyl (C=O) groups is 1. The molecule has 0 aromatic heterocycles. The van der Waals surface area contributed by atoms with E-state index in [1.807, 2.05) is 13.8 Å². The Labute approximate surface area is 64.6 Å². The van der Waals surface area contributed by atoms with Gasteiger partial charge in [0.05, 0.1) is 0 Å². The van der Waals surface area contributed by atoms with Crippen LogP contribution in [-0.2, 0) is 4.79 Å². The van der Waals surface area contributed by atoms with E-state index >= 15 is 0 Å². The summed E-state index contributed by atoms with van der Waals surface area (Å²) in [6.45, 7) is 4.04. The van der Waals surface area contributed by atoms with Crippen LogP contribution in [0.3, 0.4) is 0 Å². The maximum atomic E-state index is 9.62. The molecule has 0 bridgehead atoms. The fourth-order valence-corrected chi connectivity index (χ4v) is 0.192. The van der Waals surface area contributed by atoms with Gasteiger partial charge in [-0.05, 0) is 5.92 Å². The average Bonchev–Trinajstić information content (AvgIpc) is 1.35. The van der Waals surface area contributed by atoms with Gasteiger partial charge in [-0.1, -0.05) is 13.8 Å². The van der Waals surface area contributed by atoms with Crippen LogP contribution in [0.15, 0.2) is 0 Å². The molecule has 0 aliphatic heterocycles. The van der Waals surface area contributed by atoms with E-state index in [-0.39, 0.29) is 27.3 Å². The number of hydrogen-bond acceptors (Lipinski definition) is 1. The molecule has 42 valence electrons. The Bertz CT molecular complexity index is 43.3. The molecule has 0 aromatic carbocycles. The van der Waals surface area contributed by atoms with Crippen LogP contribution in [0.5, 0.6) is 0 Å². The van der Waals surface area contributed by atoms with Crippen molar-refractivity contribution in [3.05, 3.63) is 0 Å². The first-order valence-electron chi connectivity index (χ1n) is 2.21. The molecule has 0 atom stereocenters. The molecular formula is C5H12OPb. The van der Waals surface area contributed by atoms with E-state index in [4.69, 9.17) is 0 Å². The van der Waals surface area contributed by atoms with E-state index < -0.39 is 0 Å². The average molecular weight is 295 g/mol. The first-order chi connectivity index (χ1) is 2.77. The van der Waals surface area contributed by atoms with Crippen LogP contribution in [0.4, 0.5) is 0 Å². The zero-order valence-corrected chi connectivity index (χ0v) is 10.5. The molecule has 0 aliphatic rings. The van der Waals surface area contributed by atoms with Gasteiger partial charge in [-0.2, -0.15) is 0 Å². The topological polar surface area (TPSA) is 17.1 Å². The van der Waals surface area contributed by atoms with Crippen LogP contribution >= 0.6 is 0 Å². The SMILES string of the molecule is CC(C)CC=O.[PbH2]. The Morgan fingerprint density at radius 1 is 1.57 bits per heavy atom. The number of hydrogen-bond donors (Lipinski definition) is 0. The van der Waals surface area contributed by atoms with Crippen molar-refractivity contribution < 1.29 is 4.79 Å². The summed E-state index contributed by atoms with van der Waals surface area (Å²) in [5, 5.41) is 0. The Balaban J connectivity index is 0. The Morgan fingerprint density at radius 3 is 2.00 bits per heavy atom. The quantitative estimate of drug-likeness (QED) is 0.529. The first kappa shape index (κ1) is 10.6. The zero-order chi connectivity index (χ0) is 4.99. The molecule has 0 unspecified atom stereocenters. The van der Waals surface area contributed by atoms with Crippen molar-refractivity contribution in [2.45, 2.75) is 20.3 Å². The second-order valence-corrected chi connectivity index (χ2v) is 1.80. The summed E-state index contributed by atoms with van der Waals surface area (Å²) in [5.74, 6) is 0.530. The molecule has 0 saturated carbocycles. The fraction of sp³-hybridized carbons (Fsp3) is 0.800. The predicted molar refractivity (Wildman–Crippen MR) is 34.1 cm³/mol. The third-order valence-electron chi connectivity index (χ3n) is 0.568. The van der Waals surface area contributed by atoms with Crippen LogP contribution in [-0.4, -0.2) is 33.6 Å².